The highest BCUT2D eigenvalue weighted by Crippen LogP contribution is 2.24. The van der Waals surface area contributed by atoms with E-state index in [0.29, 0.717) is 11.6 Å². The van der Waals surface area contributed by atoms with Gasteiger partial charge in [0.25, 0.3) is 0 Å². The van der Waals surface area contributed by atoms with Crippen molar-refractivity contribution in [3.63, 3.8) is 0 Å². The number of nitrogens with zero attached hydrogens (tertiary/aromatic N) is 3. The Kier molecular flexibility index (Phi) is 2.28. The zero-order chi connectivity index (χ0) is 12.0. The molecular weight excluding hydrogens is 236 g/mol. The van der Waals surface area contributed by atoms with Gasteiger partial charge in [-0.05, 0) is 30.7 Å². The summed E-state index contributed by atoms with van der Waals surface area (Å²) >= 11 is 6.05. The fourth-order valence-corrected chi connectivity index (χ4v) is 2.28. The summed E-state index contributed by atoms with van der Waals surface area (Å²) in [5.74, 6) is 0.743. The molecule has 2 heterocycles. The number of benzene rings is 1. The van der Waals surface area contributed by atoms with Crippen LogP contribution in [0.5, 0.6) is 0 Å². The van der Waals surface area contributed by atoms with Crippen molar-refractivity contribution < 1.29 is 0 Å². The first kappa shape index (κ1) is 10.5. The number of aromatic nitrogens is 3. The van der Waals surface area contributed by atoms with E-state index in [2.05, 4.69) is 10.2 Å². The number of aryl methyl sites for hydroxylation is 1. The Morgan fingerprint density at radius 3 is 2.88 bits per heavy atom. The lowest BCUT2D eigenvalue weighted by molar-refractivity contribution is 0.894. The van der Waals surface area contributed by atoms with E-state index < -0.39 is 0 Å². The zero-order valence-electron chi connectivity index (χ0n) is 9.31. The van der Waals surface area contributed by atoms with Crippen LogP contribution in [0.25, 0.3) is 16.6 Å². The molecule has 0 aliphatic carbocycles. The van der Waals surface area contributed by atoms with Crippen molar-refractivity contribution in [1.82, 2.24) is 14.6 Å². The molecule has 5 heteroatoms. The topological polar surface area (TPSA) is 56.2 Å². The van der Waals surface area contributed by atoms with E-state index in [1.807, 2.05) is 35.6 Å². The molecule has 0 aliphatic rings. The van der Waals surface area contributed by atoms with Crippen LogP contribution >= 0.6 is 11.6 Å². The highest BCUT2D eigenvalue weighted by Gasteiger charge is 2.09. The zero-order valence-corrected chi connectivity index (χ0v) is 10.1. The molecule has 0 unspecified atom stereocenters. The number of hydrogen-bond acceptors (Lipinski definition) is 3. The molecule has 2 aromatic heterocycles. The maximum absolute atomic E-state index is 6.05. The molecule has 0 atom stereocenters. The number of halogens is 1. The molecule has 17 heavy (non-hydrogen) atoms. The van der Waals surface area contributed by atoms with Crippen LogP contribution in [0, 0.1) is 6.92 Å². The first-order valence-electron chi connectivity index (χ1n) is 5.33. The molecule has 0 aliphatic heterocycles. The second kappa shape index (κ2) is 3.68. The molecule has 0 spiro atoms. The quantitative estimate of drug-likeness (QED) is 0.717. The van der Waals surface area contributed by atoms with Gasteiger partial charge in [0, 0.05) is 10.4 Å². The Balaban J connectivity index is 2.58. The molecule has 2 N–H and O–H groups in total. The molecule has 3 rings (SSSR count). The lowest BCUT2D eigenvalue weighted by Crippen LogP contribution is -2.03. The van der Waals surface area contributed by atoms with Gasteiger partial charge in [0.1, 0.15) is 0 Å². The Labute approximate surface area is 103 Å². The van der Waals surface area contributed by atoms with Crippen LogP contribution in [0.4, 0.5) is 0 Å². The summed E-state index contributed by atoms with van der Waals surface area (Å²) in [7, 11) is 0. The molecule has 3 aromatic rings. The third-order valence-corrected chi connectivity index (χ3v) is 3.14. The number of pyridine rings is 1. The van der Waals surface area contributed by atoms with Crippen molar-refractivity contribution in [3.8, 4) is 0 Å². The predicted octanol–water partition coefficient (Wildman–Crippen LogP) is 2.30. The summed E-state index contributed by atoms with van der Waals surface area (Å²) in [6, 6.07) is 7.81. The lowest BCUT2D eigenvalue weighted by atomic mass is 10.1. The van der Waals surface area contributed by atoms with Gasteiger partial charge in [-0.2, -0.15) is 0 Å². The summed E-state index contributed by atoms with van der Waals surface area (Å²) in [6.45, 7) is 2.40. The van der Waals surface area contributed by atoms with Gasteiger partial charge >= 0.3 is 0 Å². The van der Waals surface area contributed by atoms with Crippen molar-refractivity contribution in [2.45, 2.75) is 13.5 Å². The smallest absolute Gasteiger partial charge is 0.161 e. The molecule has 86 valence electrons. The van der Waals surface area contributed by atoms with Gasteiger partial charge in [0.05, 0.1) is 12.1 Å². The minimum Gasteiger partial charge on any atom is -0.324 e. The summed E-state index contributed by atoms with van der Waals surface area (Å²) in [6.07, 6.45) is 0. The van der Waals surface area contributed by atoms with E-state index in [1.165, 1.54) is 0 Å². The third kappa shape index (κ3) is 1.49. The Bertz CT molecular complexity index is 717. The van der Waals surface area contributed by atoms with Crippen LogP contribution in [0.2, 0.25) is 5.02 Å². The van der Waals surface area contributed by atoms with Gasteiger partial charge in [0.15, 0.2) is 11.5 Å². The van der Waals surface area contributed by atoms with E-state index in [0.717, 1.165) is 27.9 Å². The number of nitrogens with two attached hydrogens (primary N) is 1. The second-order valence-electron chi connectivity index (χ2n) is 4.00. The average molecular weight is 247 g/mol. The highest BCUT2D eigenvalue weighted by molar-refractivity contribution is 6.31. The monoisotopic (exact) mass is 246 g/mol. The van der Waals surface area contributed by atoms with Crippen molar-refractivity contribution >= 4 is 28.2 Å². The third-order valence-electron chi connectivity index (χ3n) is 2.91. The second-order valence-corrected chi connectivity index (χ2v) is 4.44. The van der Waals surface area contributed by atoms with Gasteiger partial charge < -0.3 is 5.73 Å². The molecule has 0 saturated heterocycles. The maximum Gasteiger partial charge on any atom is 0.161 e. The van der Waals surface area contributed by atoms with Crippen molar-refractivity contribution in [2.24, 2.45) is 5.73 Å². The standard InChI is InChI=1S/C12H11ClN4/c1-7-4-11-15-16-12(6-14)17(11)10-5-8(13)2-3-9(7)10/h2-5H,6,14H2,1H3. The number of hydrogen-bond donors (Lipinski definition) is 1. The molecular formula is C12H11ClN4. The Morgan fingerprint density at radius 2 is 2.12 bits per heavy atom. The normalized spacial score (nSPS) is 11.5. The summed E-state index contributed by atoms with van der Waals surface area (Å²) < 4.78 is 1.95. The van der Waals surface area contributed by atoms with Crippen LogP contribution < -0.4 is 5.73 Å². The molecule has 0 bridgehead atoms. The number of fused-ring (bicyclic) bond motifs is 3. The van der Waals surface area contributed by atoms with Gasteiger partial charge in [-0.3, -0.25) is 4.40 Å². The molecule has 0 saturated carbocycles. The Hall–Kier alpha value is -1.65. The van der Waals surface area contributed by atoms with E-state index in [-0.39, 0.29) is 0 Å². The van der Waals surface area contributed by atoms with Gasteiger partial charge in [0.2, 0.25) is 0 Å². The van der Waals surface area contributed by atoms with Crippen LogP contribution in [0.1, 0.15) is 11.4 Å². The SMILES string of the molecule is Cc1cc2nnc(CN)n2c2cc(Cl)ccc12. The van der Waals surface area contributed by atoms with Crippen LogP contribution in [-0.2, 0) is 6.54 Å². The maximum atomic E-state index is 6.05. The van der Waals surface area contributed by atoms with Crippen molar-refractivity contribution in [3.05, 3.63) is 40.7 Å². The number of rotatable bonds is 1. The molecule has 4 nitrogen and oxygen atoms in total. The van der Waals surface area contributed by atoms with E-state index in [1.54, 1.807) is 0 Å². The first-order valence-corrected chi connectivity index (χ1v) is 5.71. The van der Waals surface area contributed by atoms with Gasteiger partial charge in [-0.25, -0.2) is 0 Å². The Morgan fingerprint density at radius 1 is 1.29 bits per heavy atom. The largest absolute Gasteiger partial charge is 0.324 e. The van der Waals surface area contributed by atoms with Crippen LogP contribution in [0.3, 0.4) is 0 Å². The minimum absolute atomic E-state index is 0.353. The fraction of sp³-hybridized carbons (Fsp3) is 0.167. The van der Waals surface area contributed by atoms with Gasteiger partial charge in [-0.1, -0.05) is 17.7 Å². The highest BCUT2D eigenvalue weighted by atomic mass is 35.5. The van der Waals surface area contributed by atoms with E-state index >= 15 is 0 Å². The summed E-state index contributed by atoms with van der Waals surface area (Å²) in [5, 5.41) is 10.0. The molecule has 1 aromatic carbocycles. The van der Waals surface area contributed by atoms with Crippen LogP contribution in [0.15, 0.2) is 24.3 Å². The predicted molar refractivity (Wildman–Crippen MR) is 68.1 cm³/mol. The van der Waals surface area contributed by atoms with Gasteiger partial charge in [-0.15, -0.1) is 10.2 Å². The summed E-state index contributed by atoms with van der Waals surface area (Å²) in [4.78, 5) is 0. The fourth-order valence-electron chi connectivity index (χ4n) is 2.11. The molecule has 0 fully saturated rings. The van der Waals surface area contributed by atoms with E-state index in [9.17, 15) is 0 Å². The first-order chi connectivity index (χ1) is 8.20. The van der Waals surface area contributed by atoms with E-state index in [4.69, 9.17) is 17.3 Å². The van der Waals surface area contributed by atoms with Crippen molar-refractivity contribution in [1.29, 1.82) is 0 Å². The van der Waals surface area contributed by atoms with Crippen molar-refractivity contribution in [2.75, 3.05) is 0 Å². The molecule has 0 amide bonds. The lowest BCUT2D eigenvalue weighted by Gasteiger charge is -2.07. The average Bonchev–Trinajstić information content (AvgIpc) is 2.71. The van der Waals surface area contributed by atoms with Crippen LogP contribution in [-0.4, -0.2) is 14.6 Å². The summed E-state index contributed by atoms with van der Waals surface area (Å²) in [5.41, 5.74) is 8.63. The molecule has 0 radical (unpaired) electrons. The minimum atomic E-state index is 0.353.